The predicted molar refractivity (Wildman–Crippen MR) is 51.4 cm³/mol. The van der Waals surface area contributed by atoms with Crippen molar-refractivity contribution >= 4 is 5.78 Å². The second kappa shape index (κ2) is 7.48. The van der Waals surface area contributed by atoms with Crippen LogP contribution in [0.4, 0.5) is 0 Å². The van der Waals surface area contributed by atoms with Crippen LogP contribution in [0.15, 0.2) is 0 Å². The zero-order valence-electron chi connectivity index (χ0n) is 8.95. The van der Waals surface area contributed by atoms with Crippen LogP contribution in [0.1, 0.15) is 27.2 Å². The minimum atomic E-state index is -0.627. The molecule has 1 atom stereocenters. The van der Waals surface area contributed by atoms with E-state index >= 15 is 0 Å². The molecule has 0 N–H and O–H groups in total. The number of hydrogen-bond acceptors (Lipinski definition) is 4. The molecule has 0 aromatic rings. The summed E-state index contributed by atoms with van der Waals surface area (Å²) in [5.74, 6) is -0.769. The van der Waals surface area contributed by atoms with E-state index < -0.39 is 12.2 Å². The van der Waals surface area contributed by atoms with Crippen LogP contribution in [0.2, 0.25) is 0 Å². The fraction of sp³-hybridized carbons (Fsp3) is 0.800. The third-order valence-corrected chi connectivity index (χ3v) is 1.78. The molecular weight excluding hydrogens is 182 g/mol. The number of carbonyl (C=O) groups excluding carboxylic acids is 1. The molecular formula is C10H17NO3. The Labute approximate surface area is 84.8 Å². The Hall–Kier alpha value is -0.920. The third-order valence-electron chi connectivity index (χ3n) is 1.78. The van der Waals surface area contributed by atoms with E-state index in [1.54, 1.807) is 0 Å². The Morgan fingerprint density at radius 2 is 1.86 bits per heavy atom. The maximum atomic E-state index is 11.0. The average Bonchev–Trinajstić information content (AvgIpc) is 2.14. The van der Waals surface area contributed by atoms with E-state index in [-0.39, 0.29) is 5.78 Å². The highest BCUT2D eigenvalue weighted by molar-refractivity contribution is 5.80. The van der Waals surface area contributed by atoms with E-state index in [9.17, 15) is 4.79 Å². The summed E-state index contributed by atoms with van der Waals surface area (Å²) >= 11 is 0. The van der Waals surface area contributed by atoms with Crippen LogP contribution in [0, 0.1) is 17.2 Å². The third kappa shape index (κ3) is 4.95. The summed E-state index contributed by atoms with van der Waals surface area (Å²) in [6, 6.07) is 1.94. The SMILES string of the molecule is CCOC(CC(C#N)C(C)=O)OCC. The summed E-state index contributed by atoms with van der Waals surface area (Å²) in [7, 11) is 0. The van der Waals surface area contributed by atoms with Gasteiger partial charge in [-0.1, -0.05) is 0 Å². The van der Waals surface area contributed by atoms with Crippen LogP contribution in [0.25, 0.3) is 0 Å². The zero-order valence-corrected chi connectivity index (χ0v) is 8.95. The van der Waals surface area contributed by atoms with Gasteiger partial charge in [-0.3, -0.25) is 4.79 Å². The van der Waals surface area contributed by atoms with Gasteiger partial charge in [-0.05, 0) is 20.8 Å². The molecule has 4 heteroatoms. The van der Waals surface area contributed by atoms with E-state index in [4.69, 9.17) is 14.7 Å². The first-order chi connectivity index (χ1) is 6.65. The quantitative estimate of drug-likeness (QED) is 0.583. The van der Waals surface area contributed by atoms with Crippen LogP contribution in [-0.2, 0) is 14.3 Å². The fourth-order valence-electron chi connectivity index (χ4n) is 1.06. The average molecular weight is 199 g/mol. The van der Waals surface area contributed by atoms with Gasteiger partial charge in [0.1, 0.15) is 11.7 Å². The van der Waals surface area contributed by atoms with Crippen molar-refractivity contribution < 1.29 is 14.3 Å². The molecule has 0 rings (SSSR count). The summed E-state index contributed by atoms with van der Waals surface area (Å²) in [5.41, 5.74) is 0. The predicted octanol–water partition coefficient (Wildman–Crippen LogP) is 1.50. The highest BCUT2D eigenvalue weighted by atomic mass is 16.7. The first-order valence-corrected chi connectivity index (χ1v) is 4.78. The maximum Gasteiger partial charge on any atom is 0.159 e. The first kappa shape index (κ1) is 13.1. The number of ether oxygens (including phenoxy) is 2. The van der Waals surface area contributed by atoms with Crippen molar-refractivity contribution in [3.8, 4) is 6.07 Å². The number of Topliss-reactive ketones (excluding diaryl/α,β-unsaturated/α-hetero) is 1. The molecule has 0 saturated carbocycles. The van der Waals surface area contributed by atoms with E-state index in [1.165, 1.54) is 6.92 Å². The van der Waals surface area contributed by atoms with Gasteiger partial charge in [0, 0.05) is 19.6 Å². The maximum absolute atomic E-state index is 11.0. The van der Waals surface area contributed by atoms with Gasteiger partial charge in [-0.2, -0.15) is 5.26 Å². The number of nitriles is 1. The topological polar surface area (TPSA) is 59.3 Å². The molecule has 0 aliphatic heterocycles. The summed E-state index contributed by atoms with van der Waals surface area (Å²) in [4.78, 5) is 11.0. The van der Waals surface area contributed by atoms with Crippen LogP contribution in [0.5, 0.6) is 0 Å². The normalized spacial score (nSPS) is 12.5. The number of ketones is 1. The minimum absolute atomic E-state index is 0.142. The molecule has 1 unspecified atom stereocenters. The fourth-order valence-corrected chi connectivity index (χ4v) is 1.06. The van der Waals surface area contributed by atoms with Gasteiger partial charge in [0.25, 0.3) is 0 Å². The van der Waals surface area contributed by atoms with Gasteiger partial charge in [0.05, 0.1) is 6.07 Å². The van der Waals surface area contributed by atoms with E-state index in [0.29, 0.717) is 19.6 Å². The van der Waals surface area contributed by atoms with E-state index in [0.717, 1.165) is 0 Å². The number of nitrogens with zero attached hydrogens (tertiary/aromatic N) is 1. The van der Waals surface area contributed by atoms with Crippen molar-refractivity contribution in [1.29, 1.82) is 5.26 Å². The molecule has 0 aliphatic rings. The summed E-state index contributed by atoms with van der Waals surface area (Å²) < 4.78 is 10.5. The lowest BCUT2D eigenvalue weighted by molar-refractivity contribution is -0.148. The standard InChI is InChI=1S/C10H17NO3/c1-4-13-10(14-5-2)6-9(7-11)8(3)12/h9-10H,4-6H2,1-3H3. The van der Waals surface area contributed by atoms with E-state index in [1.807, 2.05) is 19.9 Å². The number of rotatable bonds is 7. The van der Waals surface area contributed by atoms with Gasteiger partial charge in [0.15, 0.2) is 6.29 Å². The van der Waals surface area contributed by atoms with Gasteiger partial charge in [0.2, 0.25) is 0 Å². The molecule has 0 fully saturated rings. The second-order valence-electron chi connectivity index (χ2n) is 2.87. The van der Waals surface area contributed by atoms with Crippen LogP contribution in [-0.4, -0.2) is 25.3 Å². The van der Waals surface area contributed by atoms with Crippen LogP contribution >= 0.6 is 0 Å². The van der Waals surface area contributed by atoms with Crippen LogP contribution in [0.3, 0.4) is 0 Å². The van der Waals surface area contributed by atoms with Crippen molar-refractivity contribution in [2.75, 3.05) is 13.2 Å². The van der Waals surface area contributed by atoms with Gasteiger partial charge in [-0.15, -0.1) is 0 Å². The monoisotopic (exact) mass is 199 g/mol. The smallest absolute Gasteiger partial charge is 0.159 e. The Kier molecular flexibility index (Phi) is 6.99. The molecule has 0 spiro atoms. The summed E-state index contributed by atoms with van der Waals surface area (Å²) in [5, 5.41) is 8.70. The largest absolute Gasteiger partial charge is 0.353 e. The molecule has 0 aromatic heterocycles. The number of hydrogen-bond donors (Lipinski definition) is 0. The molecule has 0 aliphatic carbocycles. The van der Waals surface area contributed by atoms with Crippen molar-refractivity contribution in [1.82, 2.24) is 0 Å². The zero-order chi connectivity index (χ0) is 11.0. The van der Waals surface area contributed by atoms with Gasteiger partial charge >= 0.3 is 0 Å². The molecule has 0 saturated heterocycles. The highest BCUT2D eigenvalue weighted by Gasteiger charge is 2.20. The van der Waals surface area contributed by atoms with Crippen LogP contribution < -0.4 is 0 Å². The molecule has 14 heavy (non-hydrogen) atoms. The van der Waals surface area contributed by atoms with Crippen molar-refractivity contribution in [3.05, 3.63) is 0 Å². The second-order valence-corrected chi connectivity index (χ2v) is 2.87. The minimum Gasteiger partial charge on any atom is -0.353 e. The molecule has 4 nitrogen and oxygen atoms in total. The van der Waals surface area contributed by atoms with Crippen molar-refractivity contribution in [2.24, 2.45) is 5.92 Å². The lowest BCUT2D eigenvalue weighted by Crippen LogP contribution is -2.23. The Morgan fingerprint density at radius 1 is 1.36 bits per heavy atom. The Balaban J connectivity index is 4.12. The number of carbonyl (C=O) groups is 1. The lowest BCUT2D eigenvalue weighted by Gasteiger charge is -2.18. The van der Waals surface area contributed by atoms with Gasteiger partial charge in [-0.25, -0.2) is 0 Å². The first-order valence-electron chi connectivity index (χ1n) is 4.78. The van der Waals surface area contributed by atoms with Crippen molar-refractivity contribution in [2.45, 2.75) is 33.5 Å². The summed E-state index contributed by atoms with van der Waals surface area (Å²) in [6.07, 6.45) is -0.133. The highest BCUT2D eigenvalue weighted by Crippen LogP contribution is 2.11. The van der Waals surface area contributed by atoms with Crippen molar-refractivity contribution in [3.63, 3.8) is 0 Å². The molecule has 0 aromatic carbocycles. The Bertz CT molecular complexity index is 204. The molecule has 0 amide bonds. The molecule has 0 heterocycles. The summed E-state index contributed by atoms with van der Waals surface area (Å²) in [6.45, 7) is 6.13. The molecule has 0 bridgehead atoms. The van der Waals surface area contributed by atoms with Gasteiger partial charge < -0.3 is 9.47 Å². The molecule has 0 radical (unpaired) electrons. The Morgan fingerprint density at radius 3 is 2.14 bits per heavy atom. The molecule has 80 valence electrons. The van der Waals surface area contributed by atoms with E-state index in [2.05, 4.69) is 0 Å². The lowest BCUT2D eigenvalue weighted by atomic mass is 10.0.